The van der Waals surface area contributed by atoms with Crippen LogP contribution in [0.1, 0.15) is 36.6 Å². The molecule has 3 aromatic carbocycles. The van der Waals surface area contributed by atoms with Crippen molar-refractivity contribution in [2.75, 3.05) is 20.3 Å². The van der Waals surface area contributed by atoms with Crippen molar-refractivity contribution in [1.29, 1.82) is 0 Å². The van der Waals surface area contributed by atoms with Gasteiger partial charge < -0.3 is 18.9 Å². The summed E-state index contributed by atoms with van der Waals surface area (Å²) in [6.45, 7) is 4.60. The predicted octanol–water partition coefficient (Wildman–Crippen LogP) is 5.90. The van der Waals surface area contributed by atoms with Gasteiger partial charge >= 0.3 is 5.97 Å². The van der Waals surface area contributed by atoms with Crippen LogP contribution in [0.4, 0.5) is 4.39 Å². The molecular formula is C32H27BrFIN2O6S. The van der Waals surface area contributed by atoms with E-state index in [1.54, 1.807) is 42.5 Å². The second kappa shape index (κ2) is 14.1. The lowest BCUT2D eigenvalue weighted by Gasteiger charge is -2.23. The minimum Gasteiger partial charge on any atom is -0.490 e. The summed E-state index contributed by atoms with van der Waals surface area (Å²) in [5, 5.41) is 0. The molecule has 44 heavy (non-hydrogen) atoms. The number of carbonyl (C=O) groups is 1. The smallest absolute Gasteiger partial charge is 0.337 e. The van der Waals surface area contributed by atoms with Crippen molar-refractivity contribution in [3.05, 3.63) is 117 Å². The standard InChI is InChI=1S/C32H27BrFIN2O6S/c1-4-41-25-11-10-18(13-26(25)42-5-2)28-22(31(39)40-3)16-36-32-37(28)30(38)27(44-32)14-20-12-21(33)15-24(35)29(20)43-17-19-8-6-7-9-23(19)34/h6-16,28H,4-5,17H2,1-3H3/b27-14+/t28-/m0/s1. The van der Waals surface area contributed by atoms with Crippen LogP contribution < -0.4 is 29.1 Å². The van der Waals surface area contributed by atoms with Crippen LogP contribution in [0, 0.1) is 9.39 Å². The Kier molecular flexibility index (Phi) is 10.2. The number of halogens is 3. The van der Waals surface area contributed by atoms with Crippen molar-refractivity contribution < 1.29 is 28.1 Å². The number of aromatic nitrogens is 1. The molecule has 0 saturated carbocycles. The van der Waals surface area contributed by atoms with E-state index in [-0.39, 0.29) is 23.6 Å². The van der Waals surface area contributed by atoms with Gasteiger partial charge in [0, 0.05) is 21.8 Å². The largest absolute Gasteiger partial charge is 0.490 e. The highest BCUT2D eigenvalue weighted by Crippen LogP contribution is 2.35. The SMILES string of the molecule is CCOc1ccc([C@H]2C(C(=O)OC)=CN=c3s/c(=C/c4cc(Br)cc(I)c4OCc4ccccc4F)c(=O)n32)cc1OCC. The van der Waals surface area contributed by atoms with E-state index in [1.807, 2.05) is 26.0 Å². The Morgan fingerprint density at radius 3 is 2.57 bits per heavy atom. The lowest BCUT2D eigenvalue weighted by atomic mass is 9.97. The zero-order chi connectivity index (χ0) is 31.4. The Hall–Kier alpha value is -3.49. The van der Waals surface area contributed by atoms with Gasteiger partial charge in [-0.3, -0.25) is 9.36 Å². The van der Waals surface area contributed by atoms with Gasteiger partial charge in [0.15, 0.2) is 16.3 Å². The van der Waals surface area contributed by atoms with E-state index in [1.165, 1.54) is 35.3 Å². The molecule has 1 aromatic heterocycles. The molecule has 8 nitrogen and oxygen atoms in total. The maximum atomic E-state index is 14.3. The Balaban J connectivity index is 1.63. The highest BCUT2D eigenvalue weighted by atomic mass is 127. The van der Waals surface area contributed by atoms with E-state index in [2.05, 4.69) is 43.5 Å². The number of hydrogen-bond donors (Lipinski definition) is 0. The molecule has 4 aromatic rings. The fourth-order valence-corrected chi connectivity index (χ4v) is 7.40. The van der Waals surface area contributed by atoms with E-state index in [4.69, 9.17) is 18.9 Å². The molecule has 5 rings (SSSR count). The van der Waals surface area contributed by atoms with Gasteiger partial charge in [0.2, 0.25) is 0 Å². The summed E-state index contributed by atoms with van der Waals surface area (Å²) in [6.07, 6.45) is 3.16. The monoisotopic (exact) mass is 792 g/mol. The first-order valence-corrected chi connectivity index (χ1v) is 16.3. The maximum Gasteiger partial charge on any atom is 0.337 e. The highest BCUT2D eigenvalue weighted by Gasteiger charge is 2.31. The summed E-state index contributed by atoms with van der Waals surface area (Å²) in [5.41, 5.74) is 1.50. The number of carbonyl (C=O) groups excluding carboxylic acids is 1. The summed E-state index contributed by atoms with van der Waals surface area (Å²) in [6, 6.07) is 14.6. The van der Waals surface area contributed by atoms with Crippen molar-refractivity contribution in [3.63, 3.8) is 0 Å². The summed E-state index contributed by atoms with van der Waals surface area (Å²) < 4.78 is 40.4. The number of esters is 1. The maximum absolute atomic E-state index is 14.3. The average molecular weight is 793 g/mol. The zero-order valence-electron chi connectivity index (χ0n) is 23.9. The Morgan fingerprint density at radius 1 is 1.09 bits per heavy atom. The minimum atomic E-state index is -0.824. The van der Waals surface area contributed by atoms with E-state index < -0.39 is 12.0 Å². The van der Waals surface area contributed by atoms with Crippen molar-refractivity contribution in [2.24, 2.45) is 4.99 Å². The molecule has 12 heteroatoms. The summed E-state index contributed by atoms with van der Waals surface area (Å²) in [5.74, 6) is 0.585. The van der Waals surface area contributed by atoms with Crippen LogP contribution in [0.25, 0.3) is 6.08 Å². The van der Waals surface area contributed by atoms with Crippen molar-refractivity contribution in [3.8, 4) is 17.2 Å². The molecule has 0 saturated heterocycles. The predicted molar refractivity (Wildman–Crippen MR) is 178 cm³/mol. The quantitative estimate of drug-likeness (QED) is 0.147. The van der Waals surface area contributed by atoms with Gasteiger partial charge in [-0.25, -0.2) is 14.2 Å². The topological polar surface area (TPSA) is 88.4 Å². The van der Waals surface area contributed by atoms with Crippen LogP contribution in [-0.2, 0) is 16.1 Å². The number of thiazole rings is 1. The third kappa shape index (κ3) is 6.61. The molecule has 2 heterocycles. The van der Waals surface area contributed by atoms with E-state index in [0.717, 1.165) is 8.04 Å². The highest BCUT2D eigenvalue weighted by molar-refractivity contribution is 14.1. The van der Waals surface area contributed by atoms with Crippen LogP contribution in [0.2, 0.25) is 0 Å². The Morgan fingerprint density at radius 2 is 1.84 bits per heavy atom. The van der Waals surface area contributed by atoms with Crippen LogP contribution in [0.5, 0.6) is 17.2 Å². The van der Waals surface area contributed by atoms with Gasteiger partial charge in [0.05, 0.1) is 40.0 Å². The van der Waals surface area contributed by atoms with Gasteiger partial charge in [0.1, 0.15) is 18.2 Å². The molecule has 1 atom stereocenters. The van der Waals surface area contributed by atoms with E-state index in [9.17, 15) is 14.0 Å². The third-order valence-corrected chi connectivity index (χ3v) is 8.92. The first-order valence-electron chi connectivity index (χ1n) is 13.6. The van der Waals surface area contributed by atoms with E-state index >= 15 is 0 Å². The lowest BCUT2D eigenvalue weighted by Crippen LogP contribution is -2.39. The molecule has 0 bridgehead atoms. The Bertz CT molecular complexity index is 1940. The molecule has 228 valence electrons. The van der Waals surface area contributed by atoms with Crippen LogP contribution in [0.3, 0.4) is 0 Å². The lowest BCUT2D eigenvalue weighted by molar-refractivity contribution is -0.136. The number of fused-ring (bicyclic) bond motifs is 1. The minimum absolute atomic E-state index is 0.00872. The normalized spacial score (nSPS) is 14.4. The fraction of sp³-hybridized carbons (Fsp3) is 0.219. The summed E-state index contributed by atoms with van der Waals surface area (Å²) >= 11 is 6.86. The van der Waals surface area contributed by atoms with Gasteiger partial charge in [-0.15, -0.1) is 0 Å². The molecule has 0 aliphatic carbocycles. The first-order chi connectivity index (χ1) is 21.2. The average Bonchev–Trinajstić information content (AvgIpc) is 3.32. The van der Waals surface area contributed by atoms with Crippen LogP contribution >= 0.6 is 49.9 Å². The third-order valence-electron chi connectivity index (χ3n) is 6.66. The number of methoxy groups -OCH3 is 1. The second-order valence-electron chi connectivity index (χ2n) is 9.43. The van der Waals surface area contributed by atoms with Crippen molar-refractivity contribution in [1.82, 2.24) is 4.57 Å². The van der Waals surface area contributed by atoms with Gasteiger partial charge in [-0.05, 0) is 78.4 Å². The molecule has 1 aliphatic rings. The van der Waals surface area contributed by atoms with Gasteiger partial charge in [-0.1, -0.05) is 51.5 Å². The van der Waals surface area contributed by atoms with E-state index in [0.29, 0.717) is 56.5 Å². The molecule has 0 spiro atoms. The van der Waals surface area contributed by atoms with Crippen molar-refractivity contribution >= 4 is 61.9 Å². The first kappa shape index (κ1) is 31.9. The molecular weight excluding hydrogens is 766 g/mol. The molecule has 0 fully saturated rings. The number of rotatable bonds is 10. The van der Waals surface area contributed by atoms with Gasteiger partial charge in [0.25, 0.3) is 5.56 Å². The second-order valence-corrected chi connectivity index (χ2v) is 12.5. The molecule has 0 unspecified atom stereocenters. The fourth-order valence-electron chi connectivity index (χ4n) is 4.73. The zero-order valence-corrected chi connectivity index (χ0v) is 28.5. The van der Waals surface area contributed by atoms with Crippen LogP contribution in [-0.4, -0.2) is 30.9 Å². The molecule has 0 N–H and O–H groups in total. The van der Waals surface area contributed by atoms with Crippen molar-refractivity contribution in [2.45, 2.75) is 26.5 Å². The molecule has 1 aliphatic heterocycles. The number of benzene rings is 3. The summed E-state index contributed by atoms with van der Waals surface area (Å²) in [4.78, 5) is 31.8. The number of ether oxygens (including phenoxy) is 4. The summed E-state index contributed by atoms with van der Waals surface area (Å²) in [7, 11) is 1.28. The molecule has 0 amide bonds. The Labute approximate surface area is 278 Å². The molecule has 0 radical (unpaired) electrons. The van der Waals surface area contributed by atoms with Gasteiger partial charge in [-0.2, -0.15) is 0 Å². The number of hydrogen-bond acceptors (Lipinski definition) is 8. The number of nitrogens with zero attached hydrogens (tertiary/aromatic N) is 2. The van der Waals surface area contributed by atoms with Crippen LogP contribution in [0.15, 0.2) is 80.6 Å².